The molecule has 1 aromatic rings. The molecule has 2 rings (SSSR count). The molecular weight excluding hydrogens is 256 g/mol. The lowest BCUT2D eigenvalue weighted by Gasteiger charge is -2.27. The third-order valence-corrected chi connectivity index (χ3v) is 4.56. The van der Waals surface area contributed by atoms with Crippen LogP contribution < -0.4 is 4.90 Å². The summed E-state index contributed by atoms with van der Waals surface area (Å²) in [5.74, 6) is 0.600. The molecule has 0 aliphatic carbocycles. The van der Waals surface area contributed by atoms with E-state index in [0.29, 0.717) is 11.9 Å². The standard InChI is InChI=1S/C16H25ClN2/c1-4-18(5-2)15-8-9-19(12-15)16-7-6-14(11-17)10-13(16)3/h6-7,10,15H,4-5,8-9,11-12H2,1-3H3. The number of aryl methyl sites for hydroxylation is 1. The summed E-state index contributed by atoms with van der Waals surface area (Å²) < 4.78 is 0. The molecule has 1 aromatic carbocycles. The summed E-state index contributed by atoms with van der Waals surface area (Å²) in [6.45, 7) is 11.3. The van der Waals surface area contributed by atoms with Crippen LogP contribution in [0, 0.1) is 6.92 Å². The summed E-state index contributed by atoms with van der Waals surface area (Å²) in [7, 11) is 0. The maximum Gasteiger partial charge on any atom is 0.0474 e. The second kappa shape index (κ2) is 6.62. The maximum absolute atomic E-state index is 5.89. The Morgan fingerprint density at radius 2 is 2.05 bits per heavy atom. The van der Waals surface area contributed by atoms with E-state index in [1.807, 2.05) is 0 Å². The molecule has 1 atom stereocenters. The van der Waals surface area contributed by atoms with Gasteiger partial charge in [0.15, 0.2) is 0 Å². The molecular formula is C16H25ClN2. The number of hydrogen-bond acceptors (Lipinski definition) is 2. The second-order valence-electron chi connectivity index (χ2n) is 5.36. The van der Waals surface area contributed by atoms with Crippen LogP contribution in [0.5, 0.6) is 0 Å². The van der Waals surface area contributed by atoms with E-state index in [1.165, 1.54) is 29.8 Å². The zero-order valence-corrected chi connectivity index (χ0v) is 13.1. The van der Waals surface area contributed by atoms with Crippen LogP contribution in [-0.4, -0.2) is 37.1 Å². The molecule has 1 saturated heterocycles. The molecule has 1 aliphatic heterocycles. The van der Waals surface area contributed by atoms with E-state index in [2.05, 4.69) is 48.8 Å². The van der Waals surface area contributed by atoms with Crippen molar-refractivity contribution in [2.24, 2.45) is 0 Å². The van der Waals surface area contributed by atoms with Gasteiger partial charge in [0.2, 0.25) is 0 Å². The molecule has 0 radical (unpaired) electrons. The van der Waals surface area contributed by atoms with Crippen molar-refractivity contribution in [3.05, 3.63) is 29.3 Å². The lowest BCUT2D eigenvalue weighted by molar-refractivity contribution is 0.232. The van der Waals surface area contributed by atoms with Crippen LogP contribution in [-0.2, 0) is 5.88 Å². The summed E-state index contributed by atoms with van der Waals surface area (Å²) in [5.41, 5.74) is 3.93. The lowest BCUT2D eigenvalue weighted by atomic mass is 10.1. The minimum Gasteiger partial charge on any atom is -0.370 e. The molecule has 3 heteroatoms. The fraction of sp³-hybridized carbons (Fsp3) is 0.625. The molecule has 1 fully saturated rings. The van der Waals surface area contributed by atoms with Gasteiger partial charge < -0.3 is 4.90 Å². The molecule has 0 N–H and O–H groups in total. The van der Waals surface area contributed by atoms with Crippen molar-refractivity contribution in [3.63, 3.8) is 0 Å². The first-order valence-corrected chi connectivity index (χ1v) is 7.87. The molecule has 106 valence electrons. The summed E-state index contributed by atoms with van der Waals surface area (Å²) in [4.78, 5) is 5.10. The lowest BCUT2D eigenvalue weighted by Crippen LogP contribution is -2.37. The van der Waals surface area contributed by atoms with Gasteiger partial charge in [-0.3, -0.25) is 4.90 Å². The fourth-order valence-electron chi connectivity index (χ4n) is 3.15. The van der Waals surface area contributed by atoms with Crippen LogP contribution >= 0.6 is 11.6 Å². The average molecular weight is 281 g/mol. The highest BCUT2D eigenvalue weighted by atomic mass is 35.5. The van der Waals surface area contributed by atoms with E-state index < -0.39 is 0 Å². The summed E-state index contributed by atoms with van der Waals surface area (Å²) >= 11 is 5.89. The highest BCUT2D eigenvalue weighted by Crippen LogP contribution is 2.27. The van der Waals surface area contributed by atoms with Crippen molar-refractivity contribution < 1.29 is 0 Å². The maximum atomic E-state index is 5.89. The van der Waals surface area contributed by atoms with E-state index >= 15 is 0 Å². The summed E-state index contributed by atoms with van der Waals surface area (Å²) in [5, 5.41) is 0. The molecule has 0 aromatic heterocycles. The number of alkyl halides is 1. The van der Waals surface area contributed by atoms with Gasteiger partial charge in [0.25, 0.3) is 0 Å². The second-order valence-corrected chi connectivity index (χ2v) is 5.63. The SMILES string of the molecule is CCN(CC)C1CCN(c2ccc(CCl)cc2C)C1. The highest BCUT2D eigenvalue weighted by Gasteiger charge is 2.26. The van der Waals surface area contributed by atoms with E-state index in [0.717, 1.165) is 19.6 Å². The third kappa shape index (κ3) is 3.24. The Hall–Kier alpha value is -0.730. The topological polar surface area (TPSA) is 6.48 Å². The van der Waals surface area contributed by atoms with E-state index in [1.54, 1.807) is 0 Å². The van der Waals surface area contributed by atoms with Crippen molar-refractivity contribution in [3.8, 4) is 0 Å². The highest BCUT2D eigenvalue weighted by molar-refractivity contribution is 6.17. The quantitative estimate of drug-likeness (QED) is 0.760. The Kier molecular flexibility index (Phi) is 5.12. The van der Waals surface area contributed by atoms with Gasteiger partial charge in [-0.05, 0) is 43.6 Å². The molecule has 0 saturated carbocycles. The molecule has 19 heavy (non-hydrogen) atoms. The number of rotatable bonds is 5. The van der Waals surface area contributed by atoms with Gasteiger partial charge in [-0.15, -0.1) is 11.6 Å². The van der Waals surface area contributed by atoms with Gasteiger partial charge in [0.1, 0.15) is 0 Å². The fourth-order valence-corrected chi connectivity index (χ4v) is 3.32. The Morgan fingerprint density at radius 3 is 2.63 bits per heavy atom. The Morgan fingerprint density at radius 1 is 1.32 bits per heavy atom. The molecule has 0 amide bonds. The number of halogens is 1. The molecule has 0 bridgehead atoms. The van der Waals surface area contributed by atoms with Gasteiger partial charge in [-0.1, -0.05) is 26.0 Å². The minimum absolute atomic E-state index is 0.600. The van der Waals surface area contributed by atoms with E-state index in [9.17, 15) is 0 Å². The van der Waals surface area contributed by atoms with Crippen LogP contribution in [0.1, 0.15) is 31.4 Å². The van der Waals surface area contributed by atoms with Crippen LogP contribution in [0.3, 0.4) is 0 Å². The average Bonchev–Trinajstić information content (AvgIpc) is 2.89. The van der Waals surface area contributed by atoms with Gasteiger partial charge >= 0.3 is 0 Å². The normalized spacial score (nSPS) is 19.4. The number of likely N-dealkylation sites (N-methyl/N-ethyl adjacent to an activating group) is 1. The van der Waals surface area contributed by atoms with Gasteiger partial charge in [-0.2, -0.15) is 0 Å². The van der Waals surface area contributed by atoms with Crippen LogP contribution in [0.25, 0.3) is 0 Å². The van der Waals surface area contributed by atoms with Crippen molar-refractivity contribution in [1.82, 2.24) is 4.90 Å². The predicted molar refractivity (Wildman–Crippen MR) is 84.3 cm³/mol. The van der Waals surface area contributed by atoms with Crippen molar-refractivity contribution in [1.29, 1.82) is 0 Å². The number of hydrogen-bond donors (Lipinski definition) is 0. The van der Waals surface area contributed by atoms with Crippen LogP contribution in [0.4, 0.5) is 5.69 Å². The monoisotopic (exact) mass is 280 g/mol. The number of anilines is 1. The first-order valence-electron chi connectivity index (χ1n) is 7.34. The minimum atomic E-state index is 0.600. The Balaban J connectivity index is 2.08. The van der Waals surface area contributed by atoms with Crippen LogP contribution in [0.2, 0.25) is 0 Å². The van der Waals surface area contributed by atoms with E-state index in [-0.39, 0.29) is 0 Å². The summed E-state index contributed by atoms with van der Waals surface area (Å²) in [6, 6.07) is 7.31. The molecule has 0 spiro atoms. The smallest absolute Gasteiger partial charge is 0.0474 e. The Bertz CT molecular complexity index is 415. The van der Waals surface area contributed by atoms with Crippen molar-refractivity contribution in [2.45, 2.75) is 39.1 Å². The molecule has 1 heterocycles. The van der Waals surface area contributed by atoms with E-state index in [4.69, 9.17) is 11.6 Å². The summed E-state index contributed by atoms with van der Waals surface area (Å²) in [6.07, 6.45) is 1.28. The first kappa shape index (κ1) is 14.7. The molecule has 1 aliphatic rings. The largest absolute Gasteiger partial charge is 0.370 e. The van der Waals surface area contributed by atoms with Crippen LogP contribution in [0.15, 0.2) is 18.2 Å². The van der Waals surface area contributed by atoms with Crippen molar-refractivity contribution >= 4 is 17.3 Å². The number of nitrogens with zero attached hydrogens (tertiary/aromatic N) is 2. The molecule has 1 unspecified atom stereocenters. The number of benzene rings is 1. The Labute approximate surface area is 122 Å². The van der Waals surface area contributed by atoms with Gasteiger partial charge in [0, 0.05) is 30.7 Å². The first-order chi connectivity index (χ1) is 9.19. The third-order valence-electron chi connectivity index (χ3n) is 4.25. The zero-order valence-electron chi connectivity index (χ0n) is 12.3. The predicted octanol–water partition coefficient (Wildman–Crippen LogP) is 3.65. The van der Waals surface area contributed by atoms with Crippen molar-refractivity contribution in [2.75, 3.05) is 31.1 Å². The van der Waals surface area contributed by atoms with Gasteiger partial charge in [-0.25, -0.2) is 0 Å². The molecule has 2 nitrogen and oxygen atoms in total. The van der Waals surface area contributed by atoms with Gasteiger partial charge in [0.05, 0.1) is 0 Å². The zero-order chi connectivity index (χ0) is 13.8.